The summed E-state index contributed by atoms with van der Waals surface area (Å²) in [5, 5.41) is 16.2. The maximum absolute atomic E-state index is 14.3. The first-order valence-electron chi connectivity index (χ1n) is 8.97. The molecule has 0 spiro atoms. The summed E-state index contributed by atoms with van der Waals surface area (Å²) in [6, 6.07) is 8.29. The number of amides is 1. The number of nitro benzene ring substituents is 1. The number of carbonyl (C=O) groups is 1. The predicted molar refractivity (Wildman–Crippen MR) is 103 cm³/mol. The highest BCUT2D eigenvalue weighted by molar-refractivity contribution is 5.91. The summed E-state index contributed by atoms with van der Waals surface area (Å²) >= 11 is 0. The van der Waals surface area contributed by atoms with E-state index in [1.54, 1.807) is 17.0 Å². The largest absolute Gasteiger partial charge is 0.379 e. The van der Waals surface area contributed by atoms with Gasteiger partial charge in [-0.3, -0.25) is 14.9 Å². The molecular formula is C19H20F2N4O3. The average molecular weight is 390 g/mol. The van der Waals surface area contributed by atoms with Crippen LogP contribution in [0.3, 0.4) is 0 Å². The van der Waals surface area contributed by atoms with Crippen LogP contribution < -0.4 is 15.5 Å². The number of benzene rings is 2. The number of nitrogens with zero attached hydrogens (tertiary/aromatic N) is 2. The Labute approximate surface area is 160 Å². The Balaban J connectivity index is 1.57. The van der Waals surface area contributed by atoms with Gasteiger partial charge in [0.15, 0.2) is 11.6 Å². The van der Waals surface area contributed by atoms with Crippen molar-refractivity contribution < 1.29 is 18.5 Å². The molecule has 0 bridgehead atoms. The molecule has 2 aromatic carbocycles. The van der Waals surface area contributed by atoms with E-state index in [9.17, 15) is 23.7 Å². The third-order valence-electron chi connectivity index (χ3n) is 4.49. The Morgan fingerprint density at radius 1 is 1.14 bits per heavy atom. The van der Waals surface area contributed by atoms with E-state index in [0.717, 1.165) is 25.0 Å². The van der Waals surface area contributed by atoms with Gasteiger partial charge in [-0.25, -0.2) is 8.78 Å². The molecule has 1 fully saturated rings. The lowest BCUT2D eigenvalue weighted by Gasteiger charge is -2.19. The lowest BCUT2D eigenvalue weighted by Crippen LogP contribution is -2.21. The van der Waals surface area contributed by atoms with Gasteiger partial charge in [-0.15, -0.1) is 0 Å². The van der Waals surface area contributed by atoms with Crippen molar-refractivity contribution in [3.8, 4) is 0 Å². The molecule has 0 radical (unpaired) electrons. The second kappa shape index (κ2) is 8.64. The van der Waals surface area contributed by atoms with Gasteiger partial charge in [0.2, 0.25) is 5.91 Å². The van der Waals surface area contributed by atoms with E-state index in [1.165, 1.54) is 12.1 Å². The summed E-state index contributed by atoms with van der Waals surface area (Å²) in [6.07, 6.45) is 1.76. The molecule has 0 aromatic heterocycles. The van der Waals surface area contributed by atoms with Gasteiger partial charge < -0.3 is 15.5 Å². The van der Waals surface area contributed by atoms with Gasteiger partial charge in [0.1, 0.15) is 11.4 Å². The standard InChI is InChI=1S/C19H20F2N4O3/c20-14-11-13(12-15(21)19(14)24-9-3-4-10-24)23-18(26)7-8-22-16-5-1-2-6-17(16)25(27)28/h1-2,5-6,11-12,22H,3-4,7-10H2,(H,23,26). The molecular weight excluding hydrogens is 370 g/mol. The van der Waals surface area contributed by atoms with Crippen LogP contribution in [0.25, 0.3) is 0 Å². The number of nitrogens with one attached hydrogen (secondary N) is 2. The highest BCUT2D eigenvalue weighted by atomic mass is 19.1. The van der Waals surface area contributed by atoms with Crippen LogP contribution >= 0.6 is 0 Å². The fourth-order valence-corrected chi connectivity index (χ4v) is 3.20. The van der Waals surface area contributed by atoms with Gasteiger partial charge in [0, 0.05) is 37.8 Å². The van der Waals surface area contributed by atoms with E-state index in [0.29, 0.717) is 18.8 Å². The zero-order chi connectivity index (χ0) is 20.1. The van der Waals surface area contributed by atoms with E-state index in [2.05, 4.69) is 10.6 Å². The molecule has 1 aliphatic heterocycles. The summed E-state index contributed by atoms with van der Waals surface area (Å²) < 4.78 is 28.6. The van der Waals surface area contributed by atoms with Crippen molar-refractivity contribution in [3.05, 3.63) is 58.1 Å². The summed E-state index contributed by atoms with van der Waals surface area (Å²) in [5.41, 5.74) is 0.180. The van der Waals surface area contributed by atoms with Crippen LogP contribution in [0.2, 0.25) is 0 Å². The van der Waals surface area contributed by atoms with Crippen LogP contribution in [0.4, 0.5) is 31.5 Å². The van der Waals surface area contributed by atoms with E-state index in [-0.39, 0.29) is 30.0 Å². The third-order valence-corrected chi connectivity index (χ3v) is 4.49. The highest BCUT2D eigenvalue weighted by Crippen LogP contribution is 2.29. The minimum atomic E-state index is -0.713. The Bertz CT molecular complexity index is 862. The van der Waals surface area contributed by atoms with Crippen LogP contribution in [0.15, 0.2) is 36.4 Å². The van der Waals surface area contributed by atoms with Gasteiger partial charge >= 0.3 is 0 Å². The first kappa shape index (κ1) is 19.5. The molecule has 2 aromatic rings. The van der Waals surface area contributed by atoms with E-state index >= 15 is 0 Å². The minimum Gasteiger partial charge on any atom is -0.379 e. The van der Waals surface area contributed by atoms with Crippen molar-refractivity contribution >= 4 is 28.7 Å². The Kier molecular flexibility index (Phi) is 6.03. The number of para-hydroxylation sites is 2. The molecule has 1 heterocycles. The zero-order valence-electron chi connectivity index (χ0n) is 15.1. The monoisotopic (exact) mass is 390 g/mol. The minimum absolute atomic E-state index is 0.0246. The SMILES string of the molecule is O=C(CCNc1ccccc1[N+](=O)[O-])Nc1cc(F)c(N2CCCC2)c(F)c1. The summed E-state index contributed by atoms with van der Waals surface area (Å²) in [4.78, 5) is 24.1. The molecule has 0 aliphatic carbocycles. The molecule has 0 atom stereocenters. The fraction of sp³-hybridized carbons (Fsp3) is 0.316. The molecule has 0 saturated carbocycles. The maximum atomic E-state index is 14.3. The number of anilines is 3. The Hall–Kier alpha value is -3.23. The molecule has 0 unspecified atom stereocenters. The number of hydrogen-bond donors (Lipinski definition) is 2. The Morgan fingerprint density at radius 2 is 1.79 bits per heavy atom. The summed E-state index contributed by atoms with van der Waals surface area (Å²) in [7, 11) is 0. The molecule has 1 saturated heterocycles. The molecule has 9 heteroatoms. The van der Waals surface area contributed by atoms with Crippen molar-refractivity contribution in [2.75, 3.05) is 35.2 Å². The molecule has 3 rings (SSSR count). The second-order valence-corrected chi connectivity index (χ2v) is 6.48. The van der Waals surface area contributed by atoms with Crippen LogP contribution in [-0.2, 0) is 4.79 Å². The summed E-state index contributed by atoms with van der Waals surface area (Å²) in [6.45, 7) is 1.35. The van der Waals surface area contributed by atoms with E-state index in [1.807, 2.05) is 0 Å². The number of rotatable bonds is 7. The van der Waals surface area contributed by atoms with Crippen LogP contribution in [0, 0.1) is 21.7 Å². The lowest BCUT2D eigenvalue weighted by atomic mass is 10.2. The van der Waals surface area contributed by atoms with Gasteiger partial charge in [-0.2, -0.15) is 0 Å². The van der Waals surface area contributed by atoms with Crippen LogP contribution in [0.1, 0.15) is 19.3 Å². The molecule has 28 heavy (non-hydrogen) atoms. The van der Waals surface area contributed by atoms with Gasteiger partial charge in [0.05, 0.1) is 4.92 Å². The van der Waals surface area contributed by atoms with E-state index < -0.39 is 22.5 Å². The fourth-order valence-electron chi connectivity index (χ4n) is 3.20. The first-order chi connectivity index (χ1) is 13.5. The second-order valence-electron chi connectivity index (χ2n) is 6.48. The number of halogens is 2. The van der Waals surface area contributed by atoms with Crippen molar-refractivity contribution in [3.63, 3.8) is 0 Å². The molecule has 148 valence electrons. The van der Waals surface area contributed by atoms with Gasteiger partial charge in [-0.1, -0.05) is 12.1 Å². The third kappa shape index (κ3) is 4.54. The van der Waals surface area contributed by atoms with E-state index in [4.69, 9.17) is 0 Å². The average Bonchev–Trinajstić information content (AvgIpc) is 3.15. The van der Waals surface area contributed by atoms with Crippen molar-refractivity contribution in [2.45, 2.75) is 19.3 Å². The molecule has 1 aliphatic rings. The van der Waals surface area contributed by atoms with Crippen molar-refractivity contribution in [1.82, 2.24) is 0 Å². The quantitative estimate of drug-likeness (QED) is 0.553. The van der Waals surface area contributed by atoms with Crippen molar-refractivity contribution in [2.24, 2.45) is 0 Å². The van der Waals surface area contributed by atoms with Crippen LogP contribution in [-0.4, -0.2) is 30.5 Å². The van der Waals surface area contributed by atoms with Crippen LogP contribution in [0.5, 0.6) is 0 Å². The molecule has 1 amide bonds. The normalized spacial score (nSPS) is 13.4. The smallest absolute Gasteiger partial charge is 0.292 e. The number of carbonyl (C=O) groups excluding carboxylic acids is 1. The van der Waals surface area contributed by atoms with Gasteiger partial charge in [0.25, 0.3) is 5.69 Å². The highest BCUT2D eigenvalue weighted by Gasteiger charge is 2.21. The number of nitro groups is 1. The topological polar surface area (TPSA) is 87.5 Å². The summed E-state index contributed by atoms with van der Waals surface area (Å²) in [5.74, 6) is -1.88. The number of hydrogen-bond acceptors (Lipinski definition) is 5. The molecule has 2 N–H and O–H groups in total. The Morgan fingerprint density at radius 3 is 2.43 bits per heavy atom. The predicted octanol–water partition coefficient (Wildman–Crippen LogP) is 3.91. The zero-order valence-corrected chi connectivity index (χ0v) is 15.1. The van der Waals surface area contributed by atoms with Crippen molar-refractivity contribution in [1.29, 1.82) is 0 Å². The first-order valence-corrected chi connectivity index (χ1v) is 8.97. The lowest BCUT2D eigenvalue weighted by molar-refractivity contribution is -0.384. The van der Waals surface area contributed by atoms with Gasteiger partial charge in [-0.05, 0) is 31.0 Å². The molecule has 7 nitrogen and oxygen atoms in total. The maximum Gasteiger partial charge on any atom is 0.292 e.